The van der Waals surface area contributed by atoms with Gasteiger partial charge in [-0.05, 0) is 48.0 Å². The van der Waals surface area contributed by atoms with E-state index in [9.17, 15) is 4.79 Å². The average molecular weight is 365 g/mol. The molecule has 3 aromatic carbocycles. The third-order valence-corrected chi connectivity index (χ3v) is 4.37. The Kier molecular flexibility index (Phi) is 5.81. The highest BCUT2D eigenvalue weighted by molar-refractivity contribution is 5.84. The first-order chi connectivity index (χ1) is 13.1. The van der Waals surface area contributed by atoms with Gasteiger partial charge in [0.15, 0.2) is 6.61 Å². The number of nitrogens with one attached hydrogen (secondary N) is 1. The van der Waals surface area contributed by atoms with Gasteiger partial charge in [0, 0.05) is 5.56 Å². The zero-order chi connectivity index (χ0) is 19.2. The van der Waals surface area contributed by atoms with E-state index >= 15 is 0 Å². The van der Waals surface area contributed by atoms with Gasteiger partial charge in [-0.2, -0.15) is 0 Å². The number of hydrogen-bond donors (Lipinski definition) is 1. The minimum absolute atomic E-state index is 0.0606. The van der Waals surface area contributed by atoms with Crippen LogP contribution >= 0.6 is 0 Å². The molecular weight excluding hydrogens is 342 g/mol. The van der Waals surface area contributed by atoms with Gasteiger partial charge >= 0.3 is 0 Å². The molecule has 27 heavy (non-hydrogen) atoms. The van der Waals surface area contributed by atoms with Crippen LogP contribution in [0.3, 0.4) is 0 Å². The second-order valence-corrected chi connectivity index (χ2v) is 6.19. The lowest BCUT2D eigenvalue weighted by molar-refractivity contribution is -0.123. The maximum atomic E-state index is 12.3. The zero-order valence-electron chi connectivity index (χ0n) is 15.7. The Balaban J connectivity index is 1.63. The van der Waals surface area contributed by atoms with Crippen molar-refractivity contribution >= 4 is 16.7 Å². The third kappa shape index (κ3) is 4.50. The summed E-state index contributed by atoms with van der Waals surface area (Å²) in [5.41, 5.74) is 0.843. The molecule has 5 heteroatoms. The van der Waals surface area contributed by atoms with Crippen molar-refractivity contribution in [3.05, 3.63) is 66.2 Å². The summed E-state index contributed by atoms with van der Waals surface area (Å²) in [4.78, 5) is 12.3. The van der Waals surface area contributed by atoms with Crippen molar-refractivity contribution in [1.82, 2.24) is 5.32 Å². The maximum Gasteiger partial charge on any atom is 0.258 e. The van der Waals surface area contributed by atoms with Crippen molar-refractivity contribution < 1.29 is 19.0 Å². The van der Waals surface area contributed by atoms with Gasteiger partial charge < -0.3 is 19.5 Å². The molecule has 140 valence electrons. The van der Waals surface area contributed by atoms with Crippen molar-refractivity contribution in [1.29, 1.82) is 0 Å². The number of amides is 1. The summed E-state index contributed by atoms with van der Waals surface area (Å²) in [6, 6.07) is 19.0. The molecule has 0 fully saturated rings. The summed E-state index contributed by atoms with van der Waals surface area (Å²) >= 11 is 0. The minimum atomic E-state index is -0.247. The van der Waals surface area contributed by atoms with E-state index in [1.54, 1.807) is 14.2 Å². The van der Waals surface area contributed by atoms with Crippen LogP contribution in [0.15, 0.2) is 60.7 Å². The second-order valence-electron chi connectivity index (χ2n) is 6.19. The van der Waals surface area contributed by atoms with Gasteiger partial charge in [0.2, 0.25) is 0 Å². The topological polar surface area (TPSA) is 56.8 Å². The molecule has 5 nitrogen and oxygen atoms in total. The fourth-order valence-corrected chi connectivity index (χ4v) is 2.94. The van der Waals surface area contributed by atoms with Crippen LogP contribution in [-0.2, 0) is 4.79 Å². The van der Waals surface area contributed by atoms with Crippen LogP contribution in [0.5, 0.6) is 17.2 Å². The fraction of sp³-hybridized carbons (Fsp3) is 0.227. The van der Waals surface area contributed by atoms with Crippen LogP contribution in [0.25, 0.3) is 10.8 Å². The fourth-order valence-electron chi connectivity index (χ4n) is 2.94. The van der Waals surface area contributed by atoms with Gasteiger partial charge in [-0.1, -0.05) is 30.3 Å². The lowest BCUT2D eigenvalue weighted by Gasteiger charge is -2.18. The van der Waals surface area contributed by atoms with Crippen LogP contribution < -0.4 is 19.5 Å². The molecule has 0 heterocycles. The zero-order valence-corrected chi connectivity index (χ0v) is 15.7. The van der Waals surface area contributed by atoms with Crippen molar-refractivity contribution in [2.45, 2.75) is 13.0 Å². The smallest absolute Gasteiger partial charge is 0.258 e. The van der Waals surface area contributed by atoms with E-state index in [4.69, 9.17) is 14.2 Å². The molecule has 0 spiro atoms. The van der Waals surface area contributed by atoms with Gasteiger partial charge in [0.25, 0.3) is 5.91 Å². The monoisotopic (exact) mass is 365 g/mol. The van der Waals surface area contributed by atoms with E-state index in [-0.39, 0.29) is 18.6 Å². The number of ether oxygens (including phenoxy) is 3. The molecule has 1 atom stereocenters. The Morgan fingerprint density at radius 3 is 2.41 bits per heavy atom. The minimum Gasteiger partial charge on any atom is -0.497 e. The predicted octanol–water partition coefficient (Wildman–Crippen LogP) is 4.11. The van der Waals surface area contributed by atoms with Crippen LogP contribution in [0, 0.1) is 0 Å². The summed E-state index contributed by atoms with van der Waals surface area (Å²) in [6.07, 6.45) is 0. The van der Waals surface area contributed by atoms with Gasteiger partial charge in [-0.15, -0.1) is 0 Å². The Hall–Kier alpha value is -3.21. The highest BCUT2D eigenvalue weighted by atomic mass is 16.5. The standard InChI is InChI=1S/C22H23NO4/c1-15(20-13-18(25-2)10-11-21(20)26-3)23-22(24)14-27-19-9-8-16-6-4-5-7-17(16)12-19/h4-13,15H,14H2,1-3H3,(H,23,24)/t15-/m1/s1. The number of rotatable bonds is 7. The molecule has 0 unspecified atom stereocenters. The summed E-state index contributed by atoms with van der Waals surface area (Å²) in [6.45, 7) is 1.83. The molecule has 0 aliphatic carbocycles. The molecule has 0 aliphatic heterocycles. The summed E-state index contributed by atoms with van der Waals surface area (Å²) < 4.78 is 16.3. The van der Waals surface area contributed by atoms with E-state index in [1.165, 1.54) is 0 Å². The Labute approximate surface area is 158 Å². The first kappa shape index (κ1) is 18.6. The molecule has 0 radical (unpaired) electrons. The van der Waals surface area contributed by atoms with Crippen LogP contribution in [0.2, 0.25) is 0 Å². The van der Waals surface area contributed by atoms with E-state index in [2.05, 4.69) is 5.32 Å². The quantitative estimate of drug-likeness (QED) is 0.684. The normalized spacial score (nSPS) is 11.7. The Morgan fingerprint density at radius 2 is 1.67 bits per heavy atom. The Morgan fingerprint density at radius 1 is 0.926 bits per heavy atom. The molecule has 3 aromatic rings. The number of methoxy groups -OCH3 is 2. The first-order valence-corrected chi connectivity index (χ1v) is 8.73. The second kappa shape index (κ2) is 8.45. The molecule has 0 saturated heterocycles. The van der Waals surface area contributed by atoms with Crippen LogP contribution in [0.4, 0.5) is 0 Å². The SMILES string of the molecule is COc1ccc(OC)c([C@@H](C)NC(=O)COc2ccc3ccccc3c2)c1. The predicted molar refractivity (Wildman–Crippen MR) is 106 cm³/mol. The van der Waals surface area contributed by atoms with E-state index in [0.29, 0.717) is 17.2 Å². The summed E-state index contributed by atoms with van der Waals surface area (Å²) in [5, 5.41) is 5.14. The molecule has 0 bridgehead atoms. The number of carbonyl (C=O) groups excluding carboxylic acids is 1. The van der Waals surface area contributed by atoms with E-state index in [1.807, 2.05) is 67.6 Å². The highest BCUT2D eigenvalue weighted by Crippen LogP contribution is 2.29. The molecule has 1 N–H and O–H groups in total. The summed E-state index contributed by atoms with van der Waals surface area (Å²) in [5.74, 6) is 1.86. The molecule has 0 aliphatic rings. The molecule has 0 saturated carbocycles. The molecule has 3 rings (SSSR count). The number of carbonyl (C=O) groups is 1. The van der Waals surface area contributed by atoms with Crippen LogP contribution in [0.1, 0.15) is 18.5 Å². The lowest BCUT2D eigenvalue weighted by Crippen LogP contribution is -2.31. The largest absolute Gasteiger partial charge is 0.497 e. The number of hydrogen-bond acceptors (Lipinski definition) is 4. The van der Waals surface area contributed by atoms with Gasteiger partial charge in [0.1, 0.15) is 17.2 Å². The average Bonchev–Trinajstić information content (AvgIpc) is 2.71. The molecular formula is C22H23NO4. The number of benzene rings is 3. The Bertz CT molecular complexity index is 938. The number of fused-ring (bicyclic) bond motifs is 1. The van der Waals surface area contributed by atoms with Crippen LogP contribution in [-0.4, -0.2) is 26.7 Å². The third-order valence-electron chi connectivity index (χ3n) is 4.37. The van der Waals surface area contributed by atoms with Crippen molar-refractivity contribution in [2.24, 2.45) is 0 Å². The van der Waals surface area contributed by atoms with Crippen molar-refractivity contribution in [2.75, 3.05) is 20.8 Å². The van der Waals surface area contributed by atoms with Gasteiger partial charge in [0.05, 0.1) is 20.3 Å². The van der Waals surface area contributed by atoms with E-state index < -0.39 is 0 Å². The van der Waals surface area contributed by atoms with Gasteiger partial charge in [-0.3, -0.25) is 4.79 Å². The van der Waals surface area contributed by atoms with Gasteiger partial charge in [-0.25, -0.2) is 0 Å². The lowest BCUT2D eigenvalue weighted by atomic mass is 10.1. The van der Waals surface area contributed by atoms with E-state index in [0.717, 1.165) is 16.3 Å². The summed E-state index contributed by atoms with van der Waals surface area (Å²) in [7, 11) is 3.20. The van der Waals surface area contributed by atoms with Crippen molar-refractivity contribution in [3.8, 4) is 17.2 Å². The first-order valence-electron chi connectivity index (χ1n) is 8.73. The molecule has 0 aromatic heterocycles. The maximum absolute atomic E-state index is 12.3. The highest BCUT2D eigenvalue weighted by Gasteiger charge is 2.15. The molecule has 1 amide bonds. The van der Waals surface area contributed by atoms with Crippen molar-refractivity contribution in [3.63, 3.8) is 0 Å².